The number of benzene rings is 2. The van der Waals surface area contributed by atoms with Crippen LogP contribution in [-0.4, -0.2) is 34.9 Å². The van der Waals surface area contributed by atoms with Gasteiger partial charge in [-0.2, -0.15) is 4.98 Å². The molecule has 0 saturated carbocycles. The van der Waals surface area contributed by atoms with Gasteiger partial charge in [-0.3, -0.25) is 4.79 Å². The molecular formula is C25H23N5O4. The maximum absolute atomic E-state index is 13.7. The third-order valence-electron chi connectivity index (χ3n) is 5.63. The second-order valence-corrected chi connectivity index (χ2v) is 7.64. The summed E-state index contributed by atoms with van der Waals surface area (Å²) in [4.78, 5) is 18.3. The lowest BCUT2D eigenvalue weighted by Gasteiger charge is -2.29. The predicted molar refractivity (Wildman–Crippen MR) is 127 cm³/mol. The van der Waals surface area contributed by atoms with Crippen molar-refractivity contribution in [3.8, 4) is 23.1 Å². The van der Waals surface area contributed by atoms with Crippen LogP contribution in [0.3, 0.4) is 0 Å². The Morgan fingerprint density at radius 1 is 1.03 bits per heavy atom. The molecule has 0 fully saturated rings. The molecule has 4 aromatic rings. The minimum absolute atomic E-state index is 0.300. The van der Waals surface area contributed by atoms with Gasteiger partial charge >= 0.3 is 0 Å². The van der Waals surface area contributed by atoms with Gasteiger partial charge in [0.25, 0.3) is 5.91 Å². The van der Waals surface area contributed by atoms with E-state index in [0.717, 1.165) is 5.56 Å². The summed E-state index contributed by atoms with van der Waals surface area (Å²) in [6.45, 7) is 1.84. The molecular weight excluding hydrogens is 434 g/mol. The lowest BCUT2D eigenvalue weighted by molar-refractivity contribution is -0.113. The molecule has 0 spiro atoms. The number of aromatic nitrogens is 3. The molecule has 0 radical (unpaired) electrons. The molecule has 0 aliphatic carbocycles. The second-order valence-electron chi connectivity index (χ2n) is 7.64. The van der Waals surface area contributed by atoms with Crippen LogP contribution >= 0.6 is 0 Å². The van der Waals surface area contributed by atoms with Crippen molar-refractivity contribution in [1.29, 1.82) is 0 Å². The number of methoxy groups -OCH3 is 2. The normalized spacial score (nSPS) is 14.9. The van der Waals surface area contributed by atoms with Gasteiger partial charge in [0.15, 0.2) is 5.76 Å². The van der Waals surface area contributed by atoms with E-state index in [1.54, 1.807) is 49.4 Å². The van der Waals surface area contributed by atoms with Crippen molar-refractivity contribution >= 4 is 17.5 Å². The summed E-state index contributed by atoms with van der Waals surface area (Å²) in [5.41, 5.74) is 2.45. The van der Waals surface area contributed by atoms with E-state index in [9.17, 15) is 4.79 Å². The third-order valence-corrected chi connectivity index (χ3v) is 5.63. The van der Waals surface area contributed by atoms with Crippen molar-refractivity contribution < 1.29 is 18.7 Å². The molecule has 0 saturated heterocycles. The Labute approximate surface area is 196 Å². The number of carbonyl (C=O) groups excluding carboxylic acids is 1. The zero-order valence-corrected chi connectivity index (χ0v) is 18.9. The lowest BCUT2D eigenvalue weighted by Crippen LogP contribution is -2.31. The Balaban J connectivity index is 1.63. The number of hydrogen-bond acceptors (Lipinski definition) is 7. The molecule has 2 aromatic heterocycles. The van der Waals surface area contributed by atoms with Gasteiger partial charge in [-0.05, 0) is 37.3 Å². The lowest BCUT2D eigenvalue weighted by atomic mass is 9.94. The van der Waals surface area contributed by atoms with Gasteiger partial charge in [-0.1, -0.05) is 30.3 Å². The summed E-state index contributed by atoms with van der Waals surface area (Å²) in [7, 11) is 3.16. The smallest absolute Gasteiger partial charge is 0.255 e. The van der Waals surface area contributed by atoms with Crippen LogP contribution in [0, 0.1) is 0 Å². The number of amides is 1. The molecule has 1 amide bonds. The maximum Gasteiger partial charge on any atom is 0.255 e. The zero-order valence-electron chi connectivity index (χ0n) is 18.9. The van der Waals surface area contributed by atoms with E-state index < -0.39 is 6.04 Å². The predicted octanol–water partition coefficient (Wildman–Crippen LogP) is 4.48. The molecule has 2 aromatic carbocycles. The number of rotatable bonds is 6. The first-order chi connectivity index (χ1) is 16.6. The molecule has 5 rings (SSSR count). The molecule has 3 heterocycles. The van der Waals surface area contributed by atoms with Crippen LogP contribution in [0.25, 0.3) is 11.6 Å². The van der Waals surface area contributed by atoms with Crippen LogP contribution < -0.4 is 20.1 Å². The number of fused-ring (bicyclic) bond motifs is 1. The van der Waals surface area contributed by atoms with Crippen molar-refractivity contribution in [3.63, 3.8) is 0 Å². The van der Waals surface area contributed by atoms with E-state index in [4.69, 9.17) is 13.9 Å². The summed E-state index contributed by atoms with van der Waals surface area (Å²) in [6, 6.07) is 17.8. The first kappa shape index (κ1) is 21.3. The minimum atomic E-state index is -0.599. The number of allylic oxidation sites excluding steroid dienone is 1. The van der Waals surface area contributed by atoms with E-state index in [1.807, 2.05) is 43.3 Å². The molecule has 1 atom stereocenters. The number of hydrogen-bond donors (Lipinski definition) is 2. The number of ether oxygens (including phenoxy) is 2. The number of nitrogens with zero attached hydrogens (tertiary/aromatic N) is 3. The van der Waals surface area contributed by atoms with Crippen LogP contribution in [0.15, 0.2) is 82.6 Å². The van der Waals surface area contributed by atoms with Gasteiger partial charge in [0.2, 0.25) is 11.8 Å². The van der Waals surface area contributed by atoms with Crippen molar-refractivity contribution in [2.45, 2.75) is 13.0 Å². The monoisotopic (exact) mass is 457 g/mol. The standard InChI is InChI=1S/C25H23N5O4/c1-15-21(24(31)27-17-10-5-7-12-19(17)33-3)22(16-9-4-6-11-18(16)32-2)30-25(26-15)28-23(29-30)20-13-8-14-34-20/h4-14,22H,1-3H3,(H,27,31)(H,26,28,29). The highest BCUT2D eigenvalue weighted by atomic mass is 16.5. The second kappa shape index (κ2) is 8.78. The minimum Gasteiger partial charge on any atom is -0.496 e. The number of anilines is 2. The SMILES string of the molecule is COc1ccccc1NC(=O)C1=C(C)Nc2nc(-c3ccco3)nn2C1c1ccccc1OC. The summed E-state index contributed by atoms with van der Waals surface area (Å²) in [5, 5.41) is 10.9. The Hall–Kier alpha value is -4.53. The van der Waals surface area contributed by atoms with Crippen molar-refractivity contribution in [2.24, 2.45) is 0 Å². The highest BCUT2D eigenvalue weighted by Gasteiger charge is 2.36. The molecule has 1 aliphatic heterocycles. The molecule has 1 unspecified atom stereocenters. The fourth-order valence-corrected chi connectivity index (χ4v) is 4.07. The molecule has 1 aliphatic rings. The van der Waals surface area contributed by atoms with Gasteiger partial charge in [0, 0.05) is 11.3 Å². The summed E-state index contributed by atoms with van der Waals surface area (Å²) in [5.74, 6) is 2.32. The quantitative estimate of drug-likeness (QED) is 0.440. The van der Waals surface area contributed by atoms with Crippen LogP contribution in [0.4, 0.5) is 11.6 Å². The highest BCUT2D eigenvalue weighted by molar-refractivity contribution is 6.06. The zero-order chi connectivity index (χ0) is 23.7. The number of carbonyl (C=O) groups is 1. The largest absolute Gasteiger partial charge is 0.496 e. The maximum atomic E-state index is 13.7. The molecule has 2 N–H and O–H groups in total. The van der Waals surface area contributed by atoms with Gasteiger partial charge in [-0.15, -0.1) is 5.10 Å². The summed E-state index contributed by atoms with van der Waals surface area (Å²) >= 11 is 0. The Bertz CT molecular complexity index is 1370. The van der Waals surface area contributed by atoms with Crippen LogP contribution in [0.5, 0.6) is 11.5 Å². The molecule has 34 heavy (non-hydrogen) atoms. The fourth-order valence-electron chi connectivity index (χ4n) is 4.07. The average Bonchev–Trinajstić information content (AvgIpc) is 3.53. The van der Waals surface area contributed by atoms with Crippen LogP contribution in [0.2, 0.25) is 0 Å². The van der Waals surface area contributed by atoms with Gasteiger partial charge in [0.05, 0.1) is 31.7 Å². The van der Waals surface area contributed by atoms with E-state index >= 15 is 0 Å². The topological polar surface area (TPSA) is 103 Å². The molecule has 9 heteroatoms. The van der Waals surface area contributed by atoms with Gasteiger partial charge in [0.1, 0.15) is 17.5 Å². The van der Waals surface area contributed by atoms with E-state index in [0.29, 0.717) is 46.0 Å². The highest BCUT2D eigenvalue weighted by Crippen LogP contribution is 2.40. The molecule has 172 valence electrons. The first-order valence-electron chi connectivity index (χ1n) is 10.7. The summed E-state index contributed by atoms with van der Waals surface area (Å²) in [6.07, 6.45) is 1.57. The molecule has 0 bridgehead atoms. The van der Waals surface area contributed by atoms with Crippen molar-refractivity contribution in [2.75, 3.05) is 24.9 Å². The number of para-hydroxylation sites is 3. The average molecular weight is 457 g/mol. The van der Waals surface area contributed by atoms with E-state index in [2.05, 4.69) is 20.7 Å². The van der Waals surface area contributed by atoms with Crippen LogP contribution in [-0.2, 0) is 4.79 Å². The van der Waals surface area contributed by atoms with Crippen molar-refractivity contribution in [1.82, 2.24) is 14.8 Å². The van der Waals surface area contributed by atoms with E-state index in [-0.39, 0.29) is 5.91 Å². The Morgan fingerprint density at radius 3 is 2.50 bits per heavy atom. The number of nitrogens with one attached hydrogen (secondary N) is 2. The van der Waals surface area contributed by atoms with E-state index in [1.165, 1.54) is 0 Å². The molecule has 9 nitrogen and oxygen atoms in total. The third kappa shape index (κ3) is 3.66. The van der Waals surface area contributed by atoms with Gasteiger partial charge in [-0.25, -0.2) is 4.68 Å². The van der Waals surface area contributed by atoms with Crippen LogP contribution in [0.1, 0.15) is 18.5 Å². The first-order valence-corrected chi connectivity index (χ1v) is 10.7. The Morgan fingerprint density at radius 2 is 1.76 bits per heavy atom. The fraction of sp³-hybridized carbons (Fsp3) is 0.160. The summed E-state index contributed by atoms with van der Waals surface area (Å²) < 4.78 is 18.2. The Kier molecular flexibility index (Phi) is 5.51. The van der Waals surface area contributed by atoms with Gasteiger partial charge < -0.3 is 24.5 Å². The van der Waals surface area contributed by atoms with Crippen molar-refractivity contribution in [3.05, 3.63) is 83.8 Å². The number of furan rings is 1.